The van der Waals surface area contributed by atoms with Crippen LogP contribution in [0, 0.1) is 21.8 Å². The van der Waals surface area contributed by atoms with Crippen LogP contribution in [0.4, 0.5) is 15.8 Å². The topological polar surface area (TPSA) is 55.2 Å². The minimum Gasteiger partial charge on any atom is -0.379 e. The van der Waals surface area contributed by atoms with Gasteiger partial charge in [-0.1, -0.05) is 20.3 Å². The van der Waals surface area contributed by atoms with Crippen molar-refractivity contribution >= 4 is 11.4 Å². The van der Waals surface area contributed by atoms with Gasteiger partial charge in [0.05, 0.1) is 11.0 Å². The van der Waals surface area contributed by atoms with Gasteiger partial charge in [-0.15, -0.1) is 0 Å². The molecule has 4 nitrogen and oxygen atoms in total. The van der Waals surface area contributed by atoms with Crippen molar-refractivity contribution in [3.63, 3.8) is 0 Å². The van der Waals surface area contributed by atoms with Crippen LogP contribution in [-0.2, 0) is 0 Å². The van der Waals surface area contributed by atoms with E-state index < -0.39 is 10.7 Å². The maximum absolute atomic E-state index is 12.8. The zero-order valence-electron chi connectivity index (χ0n) is 9.37. The summed E-state index contributed by atoms with van der Waals surface area (Å²) in [5.41, 5.74) is 0.148. The van der Waals surface area contributed by atoms with Gasteiger partial charge in [0.2, 0.25) is 0 Å². The molecule has 16 heavy (non-hydrogen) atoms. The van der Waals surface area contributed by atoms with Crippen LogP contribution in [0.3, 0.4) is 0 Å². The first-order valence-corrected chi connectivity index (χ1v) is 5.22. The predicted octanol–water partition coefficient (Wildman–Crippen LogP) is 3.19. The lowest BCUT2D eigenvalue weighted by atomic mass is 10.1. The van der Waals surface area contributed by atoms with Crippen molar-refractivity contribution in [1.82, 2.24) is 0 Å². The molecule has 1 rings (SSSR count). The highest BCUT2D eigenvalue weighted by Gasteiger charge is 2.14. The highest BCUT2D eigenvalue weighted by Crippen LogP contribution is 2.25. The van der Waals surface area contributed by atoms with Gasteiger partial charge in [-0.2, -0.15) is 0 Å². The Bertz CT molecular complexity index is 382. The summed E-state index contributed by atoms with van der Waals surface area (Å²) >= 11 is 0. The van der Waals surface area contributed by atoms with Crippen LogP contribution in [0.25, 0.3) is 0 Å². The van der Waals surface area contributed by atoms with Crippen molar-refractivity contribution < 1.29 is 9.31 Å². The van der Waals surface area contributed by atoms with E-state index in [2.05, 4.69) is 5.32 Å². The zero-order chi connectivity index (χ0) is 12.1. The number of nitrogens with one attached hydrogen (secondary N) is 1. The SMILES string of the molecule is CCC(C)CNc1ccc(F)cc1[N+](=O)[O-]. The molecule has 0 fully saturated rings. The van der Waals surface area contributed by atoms with Crippen molar-refractivity contribution in [1.29, 1.82) is 0 Å². The Hall–Kier alpha value is -1.65. The highest BCUT2D eigenvalue weighted by molar-refractivity contribution is 5.61. The van der Waals surface area contributed by atoms with Crippen LogP contribution in [0.1, 0.15) is 20.3 Å². The van der Waals surface area contributed by atoms with Crippen LogP contribution < -0.4 is 5.32 Å². The molecule has 0 radical (unpaired) electrons. The van der Waals surface area contributed by atoms with E-state index in [0.29, 0.717) is 18.2 Å². The Morgan fingerprint density at radius 1 is 1.56 bits per heavy atom. The summed E-state index contributed by atoms with van der Waals surface area (Å²) in [5, 5.41) is 13.7. The molecule has 1 atom stereocenters. The molecule has 0 aliphatic heterocycles. The lowest BCUT2D eigenvalue weighted by Gasteiger charge is -2.11. The number of hydrogen-bond donors (Lipinski definition) is 1. The molecule has 0 spiro atoms. The molecule has 1 aromatic rings. The van der Waals surface area contributed by atoms with Gasteiger partial charge < -0.3 is 5.32 Å². The first kappa shape index (κ1) is 12.4. The first-order valence-electron chi connectivity index (χ1n) is 5.22. The zero-order valence-corrected chi connectivity index (χ0v) is 9.37. The largest absolute Gasteiger partial charge is 0.379 e. The molecule has 0 amide bonds. The quantitative estimate of drug-likeness (QED) is 0.619. The number of halogens is 1. The highest BCUT2D eigenvalue weighted by atomic mass is 19.1. The Labute approximate surface area is 93.6 Å². The van der Waals surface area contributed by atoms with Gasteiger partial charge in [0.25, 0.3) is 5.69 Å². The standard InChI is InChI=1S/C11H15FN2O2/c1-3-8(2)7-13-10-5-4-9(12)6-11(10)14(15)16/h4-6,8,13H,3,7H2,1-2H3. The Balaban J connectivity index is 2.82. The molecule has 0 bridgehead atoms. The average Bonchev–Trinajstić information content (AvgIpc) is 2.26. The Kier molecular flexibility index (Phi) is 4.22. The third kappa shape index (κ3) is 3.18. The molecule has 5 heteroatoms. The van der Waals surface area contributed by atoms with E-state index in [1.807, 2.05) is 13.8 Å². The molecule has 1 aromatic carbocycles. The minimum absolute atomic E-state index is 0.219. The molecule has 0 heterocycles. The van der Waals surface area contributed by atoms with Gasteiger partial charge in [-0.3, -0.25) is 10.1 Å². The number of nitro benzene ring substituents is 1. The Morgan fingerprint density at radius 2 is 2.25 bits per heavy atom. The van der Waals surface area contributed by atoms with Crippen molar-refractivity contribution in [2.75, 3.05) is 11.9 Å². The maximum Gasteiger partial charge on any atom is 0.295 e. The molecule has 0 saturated heterocycles. The summed E-state index contributed by atoms with van der Waals surface area (Å²) in [4.78, 5) is 10.1. The fraction of sp³-hybridized carbons (Fsp3) is 0.455. The van der Waals surface area contributed by atoms with Gasteiger partial charge in [-0.05, 0) is 18.1 Å². The second-order valence-corrected chi connectivity index (χ2v) is 3.81. The van der Waals surface area contributed by atoms with E-state index in [-0.39, 0.29) is 5.69 Å². The van der Waals surface area contributed by atoms with Crippen LogP contribution in [0.15, 0.2) is 18.2 Å². The van der Waals surface area contributed by atoms with Crippen LogP contribution in [0.2, 0.25) is 0 Å². The molecular formula is C11H15FN2O2. The summed E-state index contributed by atoms with van der Waals surface area (Å²) in [7, 11) is 0. The van der Waals surface area contributed by atoms with Gasteiger partial charge >= 0.3 is 0 Å². The minimum atomic E-state index is -0.596. The summed E-state index contributed by atoms with van der Waals surface area (Å²) in [6, 6.07) is 3.54. The number of hydrogen-bond acceptors (Lipinski definition) is 3. The summed E-state index contributed by atoms with van der Waals surface area (Å²) in [6.45, 7) is 4.73. The van der Waals surface area contributed by atoms with E-state index in [1.54, 1.807) is 0 Å². The molecule has 1 N–H and O–H groups in total. The van der Waals surface area contributed by atoms with Crippen LogP contribution in [0.5, 0.6) is 0 Å². The fourth-order valence-electron chi connectivity index (χ4n) is 1.23. The van der Waals surface area contributed by atoms with Gasteiger partial charge in [0, 0.05) is 6.54 Å². The number of benzene rings is 1. The molecular weight excluding hydrogens is 211 g/mol. The summed E-state index contributed by atoms with van der Waals surface area (Å²) in [6.07, 6.45) is 0.988. The number of anilines is 1. The van der Waals surface area contributed by atoms with Crippen LogP contribution >= 0.6 is 0 Å². The second kappa shape index (κ2) is 5.44. The molecule has 88 valence electrons. The Morgan fingerprint density at radius 3 is 2.81 bits per heavy atom. The lowest BCUT2D eigenvalue weighted by Crippen LogP contribution is -2.11. The molecule has 0 aromatic heterocycles. The van der Waals surface area contributed by atoms with E-state index >= 15 is 0 Å². The number of nitro groups is 1. The molecule has 0 aliphatic rings. The third-order valence-electron chi connectivity index (χ3n) is 2.49. The van der Waals surface area contributed by atoms with E-state index in [9.17, 15) is 14.5 Å². The average molecular weight is 226 g/mol. The molecule has 0 aliphatic carbocycles. The molecule has 0 saturated carbocycles. The van der Waals surface area contributed by atoms with E-state index in [4.69, 9.17) is 0 Å². The molecule has 1 unspecified atom stereocenters. The van der Waals surface area contributed by atoms with Crippen LogP contribution in [-0.4, -0.2) is 11.5 Å². The first-order chi connectivity index (χ1) is 7.54. The number of rotatable bonds is 5. The number of nitrogens with zero attached hydrogens (tertiary/aromatic N) is 1. The fourth-order valence-corrected chi connectivity index (χ4v) is 1.23. The maximum atomic E-state index is 12.8. The second-order valence-electron chi connectivity index (χ2n) is 3.81. The van der Waals surface area contributed by atoms with Crippen molar-refractivity contribution in [3.8, 4) is 0 Å². The summed E-state index contributed by atoms with van der Waals surface area (Å²) < 4.78 is 12.8. The van der Waals surface area contributed by atoms with Gasteiger partial charge in [0.1, 0.15) is 11.5 Å². The monoisotopic (exact) mass is 226 g/mol. The van der Waals surface area contributed by atoms with E-state index in [1.165, 1.54) is 12.1 Å². The lowest BCUT2D eigenvalue weighted by molar-refractivity contribution is -0.384. The van der Waals surface area contributed by atoms with E-state index in [0.717, 1.165) is 12.5 Å². The van der Waals surface area contributed by atoms with Gasteiger partial charge in [0.15, 0.2) is 0 Å². The summed E-state index contributed by atoms with van der Waals surface area (Å²) in [5.74, 6) is -0.176. The normalized spacial score (nSPS) is 12.2. The van der Waals surface area contributed by atoms with Crippen molar-refractivity contribution in [2.24, 2.45) is 5.92 Å². The van der Waals surface area contributed by atoms with Crippen molar-refractivity contribution in [2.45, 2.75) is 20.3 Å². The van der Waals surface area contributed by atoms with Gasteiger partial charge in [-0.25, -0.2) is 4.39 Å². The smallest absolute Gasteiger partial charge is 0.295 e. The van der Waals surface area contributed by atoms with Crippen molar-refractivity contribution in [3.05, 3.63) is 34.1 Å². The third-order valence-corrected chi connectivity index (χ3v) is 2.49. The predicted molar refractivity (Wildman–Crippen MR) is 61.0 cm³/mol.